The van der Waals surface area contributed by atoms with Crippen molar-refractivity contribution in [1.29, 1.82) is 0 Å². The number of primary amides is 1. The van der Waals surface area contributed by atoms with E-state index >= 15 is 0 Å². The van der Waals surface area contributed by atoms with Crippen LogP contribution in [0.2, 0.25) is 0 Å². The van der Waals surface area contributed by atoms with E-state index in [0.29, 0.717) is 0 Å². The largest absolute Gasteiger partial charge is 0.394 e. The SMILES string of the molecule is CN(C(=O)C(O)C(=O)N(C)c1c(I)c(C(=O)NCC(O)CO)c(I)c(C(=O)NCC(O)CO)c1I)c1c(I)c(C(N)=O)c(I)c(C(=O)NCC(O)CO)c1I. The van der Waals surface area contributed by atoms with Crippen molar-refractivity contribution in [3.05, 3.63) is 43.7 Å². The summed E-state index contributed by atoms with van der Waals surface area (Å²) >= 11 is 10.4. The number of nitrogens with one attached hydrogen (secondary N) is 3. The number of rotatable bonds is 17. The predicted octanol–water partition coefficient (Wildman–Crippen LogP) is -1.35. The Morgan fingerprint density at radius 1 is 0.527 bits per heavy atom. The number of amides is 6. The molecule has 0 aliphatic heterocycles. The van der Waals surface area contributed by atoms with E-state index in [4.69, 9.17) is 10.8 Å². The van der Waals surface area contributed by atoms with Gasteiger partial charge in [0.05, 0.1) is 86.0 Å². The number of nitrogens with two attached hydrogens (primary N) is 1. The number of halogens is 6. The second kappa shape index (κ2) is 22.7. The Morgan fingerprint density at radius 2 is 0.782 bits per heavy atom. The zero-order chi connectivity index (χ0) is 42.2. The quantitative estimate of drug-likeness (QED) is 0.0646. The Bertz CT molecular complexity index is 1800. The number of nitrogens with zero attached hydrogens (tertiary/aromatic N) is 2. The second-order valence-electron chi connectivity index (χ2n) is 11.3. The van der Waals surface area contributed by atoms with Crippen molar-refractivity contribution in [2.75, 3.05) is 63.4 Å². The summed E-state index contributed by atoms with van der Waals surface area (Å²) in [5.74, 6) is -5.86. The van der Waals surface area contributed by atoms with E-state index in [1.165, 1.54) is 14.1 Å². The fourth-order valence-electron chi connectivity index (χ4n) is 4.49. The van der Waals surface area contributed by atoms with Crippen LogP contribution in [-0.4, -0.2) is 149 Å². The van der Waals surface area contributed by atoms with E-state index < -0.39 is 79.7 Å². The topological polar surface area (TPSA) is 313 Å². The van der Waals surface area contributed by atoms with Crippen molar-refractivity contribution in [3.8, 4) is 0 Å². The van der Waals surface area contributed by atoms with Crippen molar-refractivity contribution < 1.29 is 64.5 Å². The Hall–Kier alpha value is -0.640. The van der Waals surface area contributed by atoms with Crippen LogP contribution in [0.15, 0.2) is 0 Å². The Balaban J connectivity index is 2.72. The third kappa shape index (κ3) is 12.0. The number of benzene rings is 2. The van der Waals surface area contributed by atoms with E-state index in [1.54, 1.807) is 136 Å². The van der Waals surface area contributed by atoms with Gasteiger partial charge in [0.2, 0.25) is 6.10 Å². The van der Waals surface area contributed by atoms with Crippen LogP contribution < -0.4 is 31.5 Å². The van der Waals surface area contributed by atoms with Crippen molar-refractivity contribution in [1.82, 2.24) is 16.0 Å². The molecule has 4 unspecified atom stereocenters. The lowest BCUT2D eigenvalue weighted by Gasteiger charge is -2.29. The number of anilines is 2. The molecular formula is C30H34I6N6O13. The normalized spacial score (nSPS) is 13.3. The molecule has 0 heterocycles. The number of hydrogen-bond donors (Lipinski definition) is 11. The summed E-state index contributed by atoms with van der Waals surface area (Å²) in [5.41, 5.74) is 4.91. The molecule has 0 spiro atoms. The maximum absolute atomic E-state index is 13.9. The van der Waals surface area contributed by atoms with E-state index in [9.17, 15) is 59.4 Å². The number of hydrogen-bond acceptors (Lipinski definition) is 13. The van der Waals surface area contributed by atoms with E-state index in [1.807, 2.05) is 0 Å². The molecule has 19 nitrogen and oxygen atoms in total. The number of likely N-dealkylation sites (N-methyl/N-ethyl adjacent to an activating group) is 2. The van der Waals surface area contributed by atoms with E-state index in [-0.39, 0.29) is 74.7 Å². The highest BCUT2D eigenvalue weighted by atomic mass is 127. The molecule has 0 saturated heterocycles. The lowest BCUT2D eigenvalue weighted by molar-refractivity contribution is -0.137. The van der Waals surface area contributed by atoms with Gasteiger partial charge in [-0.25, -0.2) is 0 Å². The summed E-state index contributed by atoms with van der Waals surface area (Å²) < 4.78 is 0.538. The number of carbonyl (C=O) groups is 6. The van der Waals surface area contributed by atoms with E-state index in [0.717, 1.165) is 9.80 Å². The molecule has 0 aliphatic carbocycles. The second-order valence-corrected chi connectivity index (χ2v) is 17.8. The molecule has 2 aromatic carbocycles. The lowest BCUT2D eigenvalue weighted by Crippen LogP contribution is -2.48. The first-order valence-electron chi connectivity index (χ1n) is 15.3. The zero-order valence-corrected chi connectivity index (χ0v) is 41.3. The molecule has 0 bridgehead atoms. The van der Waals surface area contributed by atoms with Crippen molar-refractivity contribution in [2.45, 2.75) is 24.4 Å². The standard InChI is InChI=1S/C30H34I6N6O13/c1-41(22-18(33)12(25(37)50)16(31)13(19(22)34)26(51)38-3-9(46)6-43)29(54)24(49)30(55)42(2)23-20(35)14(27(52)39-4-10(47)7-44)17(32)15(21(23)36)28(53)40-5-11(48)8-45/h9-11,24,43-49H,3-8H2,1-2H3,(H2,37,50)(H,38,51)(H,39,52)(H,40,53). The molecule has 2 aromatic rings. The van der Waals surface area contributed by atoms with Crippen LogP contribution in [0.3, 0.4) is 0 Å². The van der Waals surface area contributed by atoms with Crippen molar-refractivity contribution >= 4 is 182 Å². The summed E-state index contributed by atoms with van der Waals surface area (Å²) in [6.45, 7) is -3.12. The first-order chi connectivity index (χ1) is 25.6. The third-order valence-corrected chi connectivity index (χ3v) is 13.8. The van der Waals surface area contributed by atoms with Gasteiger partial charge >= 0.3 is 0 Å². The van der Waals surface area contributed by atoms with E-state index in [2.05, 4.69) is 16.0 Å². The predicted molar refractivity (Wildman–Crippen MR) is 247 cm³/mol. The number of aliphatic hydroxyl groups excluding tert-OH is 7. The van der Waals surface area contributed by atoms with Gasteiger partial charge in [-0.1, -0.05) is 0 Å². The van der Waals surface area contributed by atoms with Gasteiger partial charge in [-0.2, -0.15) is 0 Å². The summed E-state index contributed by atoms with van der Waals surface area (Å²) in [4.78, 5) is 82.2. The van der Waals surface area contributed by atoms with Gasteiger partial charge in [0.25, 0.3) is 35.4 Å². The minimum absolute atomic E-state index is 0.0748. The minimum Gasteiger partial charge on any atom is -0.394 e. The maximum atomic E-state index is 13.9. The molecule has 6 amide bonds. The molecule has 25 heteroatoms. The molecule has 304 valence electrons. The highest BCUT2D eigenvalue weighted by Crippen LogP contribution is 2.39. The van der Waals surface area contributed by atoms with Crippen LogP contribution >= 0.6 is 136 Å². The molecule has 4 atom stereocenters. The summed E-state index contributed by atoms with van der Waals surface area (Å²) in [6.07, 6.45) is -6.39. The average Bonchev–Trinajstić information content (AvgIpc) is 3.13. The van der Waals surface area contributed by atoms with Crippen LogP contribution in [0, 0.1) is 21.4 Å². The first kappa shape index (κ1) is 50.5. The fourth-order valence-corrected chi connectivity index (χ4v) is 14.3. The minimum atomic E-state index is -2.45. The molecule has 0 fully saturated rings. The van der Waals surface area contributed by atoms with Gasteiger partial charge in [0.15, 0.2) is 0 Å². The van der Waals surface area contributed by atoms with Gasteiger partial charge in [-0.15, -0.1) is 0 Å². The monoisotopic (exact) mass is 1450 g/mol. The Kier molecular flexibility index (Phi) is 20.8. The van der Waals surface area contributed by atoms with Gasteiger partial charge in [-0.05, 0) is 136 Å². The summed E-state index contributed by atoms with van der Waals surface area (Å²) in [6, 6.07) is 0. The average molecular weight is 1450 g/mol. The van der Waals surface area contributed by atoms with Gasteiger partial charge < -0.3 is 67.2 Å². The first-order valence-corrected chi connectivity index (χ1v) is 21.7. The summed E-state index contributed by atoms with van der Waals surface area (Å²) in [7, 11) is 2.35. The molecule has 55 heavy (non-hydrogen) atoms. The fraction of sp³-hybridized carbons (Fsp3) is 0.400. The van der Waals surface area contributed by atoms with Gasteiger partial charge in [0, 0.05) is 40.9 Å². The van der Waals surface area contributed by atoms with Crippen LogP contribution in [-0.2, 0) is 9.59 Å². The smallest absolute Gasteiger partial charge is 0.265 e. The maximum Gasteiger partial charge on any atom is 0.265 e. The van der Waals surface area contributed by atoms with Crippen molar-refractivity contribution in [3.63, 3.8) is 0 Å². The third-order valence-electron chi connectivity index (χ3n) is 7.44. The van der Waals surface area contributed by atoms with Gasteiger partial charge in [0.1, 0.15) is 0 Å². The molecular weight excluding hydrogens is 1410 g/mol. The summed E-state index contributed by atoms with van der Waals surface area (Å²) in [5, 5.41) is 75.5. The van der Waals surface area contributed by atoms with Crippen LogP contribution in [0.25, 0.3) is 0 Å². The molecule has 0 aromatic heterocycles. The Labute approximate surface area is 395 Å². The molecule has 0 aliphatic rings. The number of carbonyl (C=O) groups excluding carboxylic acids is 6. The van der Waals surface area contributed by atoms with Crippen LogP contribution in [0.5, 0.6) is 0 Å². The zero-order valence-electron chi connectivity index (χ0n) is 28.4. The highest BCUT2D eigenvalue weighted by Gasteiger charge is 2.38. The molecule has 2 rings (SSSR count). The highest BCUT2D eigenvalue weighted by molar-refractivity contribution is 14.1. The molecule has 0 radical (unpaired) electrons. The van der Waals surface area contributed by atoms with Crippen molar-refractivity contribution in [2.24, 2.45) is 5.73 Å². The number of aliphatic hydroxyl groups is 7. The lowest BCUT2D eigenvalue weighted by atomic mass is 10.1. The van der Waals surface area contributed by atoms with Gasteiger partial charge in [-0.3, -0.25) is 28.8 Å². The van der Waals surface area contributed by atoms with Crippen LogP contribution in [0.1, 0.15) is 41.4 Å². The Morgan fingerprint density at radius 3 is 1.04 bits per heavy atom. The van der Waals surface area contributed by atoms with Crippen LogP contribution in [0.4, 0.5) is 11.4 Å². The molecule has 12 N–H and O–H groups in total. The molecule has 0 saturated carbocycles.